The fourth-order valence-electron chi connectivity index (χ4n) is 11.1. The standard InChI is InChI=1S/C36H43N2SSi.C17H32O2.Ir/c1-8-40(9-2,10-3)31-19-26(17-25-13-11-12-14-28(25)31)32-34-33(38-23-37-32)29-16-15-24(18-30(29)39-34)27-20-35(4,5)22-36(6,7)21-27;1-10(2)16(11(3)4)14(18)9-15(19)17(12(5)6)13(7)8;/h11-16,18-19,23,27H,8-10,20-22H2,1-7H3;9-13,16-18H,1-8H3;/q-1;;/b;14-9-;/i23D,27D;;. The summed E-state index contributed by atoms with van der Waals surface area (Å²) in [7, 11) is -1.72. The van der Waals surface area contributed by atoms with Crippen LogP contribution in [0.4, 0.5) is 0 Å². The van der Waals surface area contributed by atoms with Crippen LogP contribution in [0.2, 0.25) is 18.1 Å². The smallest absolute Gasteiger partial charge is 0.162 e. The molecule has 1 radical (unpaired) electrons. The first-order valence-electron chi connectivity index (χ1n) is 23.5. The number of rotatable bonds is 13. The van der Waals surface area contributed by atoms with Crippen molar-refractivity contribution >= 4 is 61.5 Å². The zero-order valence-corrected chi connectivity index (χ0v) is 43.6. The average molecular weight is 1030 g/mol. The molecule has 1 aliphatic rings. The number of aliphatic hydroxyl groups excluding tert-OH is 1. The van der Waals surface area contributed by atoms with E-state index in [-0.39, 0.29) is 60.6 Å². The number of ketones is 1. The van der Waals surface area contributed by atoms with Crippen molar-refractivity contribution in [2.24, 2.45) is 46.3 Å². The van der Waals surface area contributed by atoms with Crippen LogP contribution >= 0.6 is 11.3 Å². The van der Waals surface area contributed by atoms with E-state index in [0.717, 1.165) is 61.8 Å². The topological polar surface area (TPSA) is 63.1 Å². The molecule has 0 saturated heterocycles. The molecule has 2 heterocycles. The second-order valence-corrected chi connectivity index (χ2v) is 26.9. The Balaban J connectivity index is 0.000000360. The molecule has 6 rings (SSSR count). The van der Waals surface area contributed by atoms with Gasteiger partial charge in [-0.1, -0.05) is 163 Å². The van der Waals surface area contributed by atoms with Crippen molar-refractivity contribution in [3.63, 3.8) is 0 Å². The number of allylic oxidation sites excluding steroid dienone is 2. The number of hydrogen-bond acceptors (Lipinski definition) is 5. The van der Waals surface area contributed by atoms with E-state index in [1.165, 1.54) is 34.8 Å². The summed E-state index contributed by atoms with van der Waals surface area (Å²) in [5.74, 6) is 1.00. The Morgan fingerprint density at radius 3 is 1.98 bits per heavy atom. The van der Waals surface area contributed by atoms with Gasteiger partial charge in [0.15, 0.2) is 5.78 Å². The van der Waals surface area contributed by atoms with Crippen molar-refractivity contribution in [3.8, 4) is 11.3 Å². The fourth-order valence-corrected chi connectivity index (χ4v) is 16.2. The molecule has 1 N–H and O–H groups in total. The van der Waals surface area contributed by atoms with Crippen LogP contribution in [-0.4, -0.2) is 28.9 Å². The van der Waals surface area contributed by atoms with Gasteiger partial charge < -0.3 is 5.11 Å². The summed E-state index contributed by atoms with van der Waals surface area (Å²) < 4.78 is 20.4. The third kappa shape index (κ3) is 10.9. The SMILES string of the molecule is CC(C)C(C(=O)/C=C(\O)C(C(C)C)C(C)C)C(C)C.[2H]c1nc(-c2[c-]c3ccccc3c([Si](CC)(CC)CC)c2)c2sc3cc(C4([2H])CC(C)(C)CC(C)(C)C4)ccc3c2n1.[Ir]. The van der Waals surface area contributed by atoms with Gasteiger partial charge in [-0.25, -0.2) is 4.98 Å². The van der Waals surface area contributed by atoms with Crippen LogP contribution in [0.1, 0.15) is 137 Å². The second-order valence-electron chi connectivity index (χ2n) is 20.6. The maximum Gasteiger partial charge on any atom is 0.162 e. The molecule has 0 aliphatic heterocycles. The van der Waals surface area contributed by atoms with Crippen LogP contribution in [-0.2, 0) is 24.9 Å². The van der Waals surface area contributed by atoms with E-state index in [1.807, 2.05) is 0 Å². The van der Waals surface area contributed by atoms with Crippen molar-refractivity contribution in [1.29, 1.82) is 0 Å². The van der Waals surface area contributed by atoms with Gasteiger partial charge in [0, 0.05) is 59.9 Å². The number of thiophene rings is 1. The first kappa shape index (κ1) is 46.8. The molecule has 7 heteroatoms. The predicted octanol–water partition coefficient (Wildman–Crippen LogP) is 15.4. The van der Waals surface area contributed by atoms with Crippen molar-refractivity contribution in [1.82, 2.24) is 9.97 Å². The minimum Gasteiger partial charge on any atom is -0.512 e. The molecule has 1 aliphatic carbocycles. The molecule has 2 aromatic heterocycles. The number of benzene rings is 3. The normalized spacial score (nSPS) is 17.1. The molecular weight excluding hydrogens is 949 g/mol. The van der Waals surface area contributed by atoms with Gasteiger partial charge in [0.2, 0.25) is 0 Å². The van der Waals surface area contributed by atoms with E-state index >= 15 is 0 Å². The van der Waals surface area contributed by atoms with Crippen LogP contribution in [0.25, 0.3) is 42.3 Å². The van der Waals surface area contributed by atoms with Gasteiger partial charge in [0.05, 0.1) is 19.3 Å². The molecule has 1 fully saturated rings. The van der Waals surface area contributed by atoms with Crippen molar-refractivity contribution in [2.45, 2.75) is 147 Å². The monoisotopic (exact) mass is 1030 g/mol. The van der Waals surface area contributed by atoms with Gasteiger partial charge in [-0.3, -0.25) is 9.78 Å². The summed E-state index contributed by atoms with van der Waals surface area (Å²) >= 11 is 1.70. The average Bonchev–Trinajstić information content (AvgIpc) is 3.51. The summed E-state index contributed by atoms with van der Waals surface area (Å²) in [6.45, 7) is 32.9. The summed E-state index contributed by atoms with van der Waals surface area (Å²) in [5, 5.41) is 15.2. The van der Waals surface area contributed by atoms with E-state index in [1.54, 1.807) is 11.3 Å². The Morgan fingerprint density at radius 2 is 1.43 bits per heavy atom. The van der Waals surface area contributed by atoms with Gasteiger partial charge in [-0.2, -0.15) is 0 Å². The van der Waals surface area contributed by atoms with E-state index in [2.05, 4.69) is 163 Å². The fraction of sp³-hybridized carbons (Fsp3) is 0.566. The summed E-state index contributed by atoms with van der Waals surface area (Å²) in [6, 6.07) is 24.8. The van der Waals surface area contributed by atoms with Crippen molar-refractivity contribution in [3.05, 3.63) is 78.3 Å². The number of carbonyl (C=O) groups excluding carboxylic acids is 1. The Labute approximate surface area is 385 Å². The van der Waals surface area contributed by atoms with E-state index < -0.39 is 14.0 Å². The molecule has 0 unspecified atom stereocenters. The number of fused-ring (bicyclic) bond motifs is 4. The molecule has 329 valence electrons. The minimum atomic E-state index is -1.72. The maximum absolute atomic E-state index is 12.3. The number of nitrogens with zero attached hydrogens (tertiary/aromatic N) is 2. The molecule has 0 spiro atoms. The number of carbonyl (C=O) groups is 1. The van der Waals surface area contributed by atoms with Gasteiger partial charge in [-0.05, 0) is 71.3 Å². The van der Waals surface area contributed by atoms with Crippen molar-refractivity contribution < 1.29 is 32.7 Å². The molecule has 0 amide bonds. The molecule has 3 aromatic carbocycles. The van der Waals surface area contributed by atoms with E-state index in [4.69, 9.17) is 6.35 Å². The number of aliphatic hydroxyl groups is 1. The van der Waals surface area contributed by atoms with Gasteiger partial charge in [0.25, 0.3) is 0 Å². The zero-order valence-electron chi connectivity index (χ0n) is 41.4. The van der Waals surface area contributed by atoms with Crippen LogP contribution in [0.15, 0.2) is 66.7 Å². The summed E-state index contributed by atoms with van der Waals surface area (Å²) in [4.78, 5) is 21.8. The molecule has 60 heavy (non-hydrogen) atoms. The third-order valence-corrected chi connectivity index (χ3v) is 20.2. The van der Waals surface area contributed by atoms with Gasteiger partial charge in [-0.15, -0.1) is 40.1 Å². The Hall–Kier alpha value is -2.70. The molecular formula is C53H75IrN2O2SSi-. The predicted molar refractivity (Wildman–Crippen MR) is 260 cm³/mol. The van der Waals surface area contributed by atoms with Crippen LogP contribution < -0.4 is 5.19 Å². The molecule has 1 saturated carbocycles. The second kappa shape index (κ2) is 20.2. The van der Waals surface area contributed by atoms with Crippen LogP contribution in [0.5, 0.6) is 0 Å². The first-order chi connectivity index (χ1) is 28.4. The first-order valence-corrected chi connectivity index (χ1v) is 26.0. The van der Waals surface area contributed by atoms with Gasteiger partial charge in [0.1, 0.15) is 7.67 Å². The van der Waals surface area contributed by atoms with E-state index in [0.29, 0.717) is 23.7 Å². The minimum absolute atomic E-state index is 0. The molecule has 5 aromatic rings. The zero-order chi connectivity index (χ0) is 45.4. The maximum atomic E-state index is 12.3. The molecule has 0 bridgehead atoms. The van der Waals surface area contributed by atoms with Crippen LogP contribution in [0, 0.1) is 52.4 Å². The quantitative estimate of drug-likeness (QED) is 0.0552. The van der Waals surface area contributed by atoms with Gasteiger partial charge >= 0.3 is 0 Å². The third-order valence-electron chi connectivity index (χ3n) is 13.4. The summed E-state index contributed by atoms with van der Waals surface area (Å²) in [6.07, 6.45) is 4.37. The van der Waals surface area contributed by atoms with Crippen molar-refractivity contribution in [2.75, 3.05) is 0 Å². The summed E-state index contributed by atoms with van der Waals surface area (Å²) in [5.41, 5.74) is 3.95. The Morgan fingerprint density at radius 1 is 0.867 bits per heavy atom. The number of hydrogen-bond donors (Lipinski definition) is 1. The van der Waals surface area contributed by atoms with Crippen LogP contribution in [0.3, 0.4) is 0 Å². The largest absolute Gasteiger partial charge is 0.512 e. The molecule has 4 nitrogen and oxygen atoms in total. The van der Waals surface area contributed by atoms with E-state index in [9.17, 15) is 11.3 Å². The Kier molecular flexibility index (Phi) is 15.8. The Bertz CT molecular complexity index is 2340. The number of aromatic nitrogens is 2. The molecule has 0 atom stereocenters.